The van der Waals surface area contributed by atoms with Gasteiger partial charge in [0.2, 0.25) is 10.0 Å². The number of hydrogen-bond acceptors (Lipinski definition) is 5. The van der Waals surface area contributed by atoms with Crippen molar-refractivity contribution in [3.63, 3.8) is 0 Å². The Balaban J connectivity index is 1.82. The highest BCUT2D eigenvalue weighted by molar-refractivity contribution is 7.89. The summed E-state index contributed by atoms with van der Waals surface area (Å²) in [4.78, 5) is 15.5. The number of sulfonamides is 1. The van der Waals surface area contributed by atoms with Crippen molar-refractivity contribution in [3.8, 4) is 5.75 Å². The number of carbonyl (C=O) groups is 1. The van der Waals surface area contributed by atoms with Crippen molar-refractivity contribution in [2.75, 3.05) is 25.0 Å². The number of rotatable bonds is 6. The first kappa shape index (κ1) is 16.5. The first-order chi connectivity index (χ1) is 11.5. The van der Waals surface area contributed by atoms with E-state index >= 15 is 0 Å². The van der Waals surface area contributed by atoms with Crippen molar-refractivity contribution >= 4 is 21.6 Å². The van der Waals surface area contributed by atoms with E-state index in [1.165, 1.54) is 16.4 Å². The van der Waals surface area contributed by atoms with Crippen LogP contribution in [0.1, 0.15) is 6.92 Å². The van der Waals surface area contributed by atoms with Crippen molar-refractivity contribution in [3.05, 3.63) is 36.9 Å². The van der Waals surface area contributed by atoms with Crippen molar-refractivity contribution in [2.45, 2.75) is 18.4 Å². The lowest BCUT2D eigenvalue weighted by Crippen LogP contribution is -2.34. The van der Waals surface area contributed by atoms with Crippen LogP contribution in [0.5, 0.6) is 5.75 Å². The highest BCUT2D eigenvalue weighted by Gasteiger charge is 2.25. The monoisotopic (exact) mass is 350 g/mol. The summed E-state index contributed by atoms with van der Waals surface area (Å²) in [6.45, 7) is 2.91. The lowest BCUT2D eigenvalue weighted by Gasteiger charge is -2.23. The van der Waals surface area contributed by atoms with Gasteiger partial charge in [-0.2, -0.15) is 4.31 Å². The Labute approximate surface area is 140 Å². The molecule has 0 fully saturated rings. The van der Waals surface area contributed by atoms with E-state index in [0.717, 1.165) is 0 Å². The number of imidazole rings is 1. The van der Waals surface area contributed by atoms with Gasteiger partial charge in [-0.15, -0.1) is 0 Å². The molecule has 24 heavy (non-hydrogen) atoms. The average molecular weight is 350 g/mol. The molecule has 0 aliphatic carbocycles. The van der Waals surface area contributed by atoms with Gasteiger partial charge in [0.1, 0.15) is 5.75 Å². The minimum atomic E-state index is -3.66. The number of anilines is 1. The number of nitrogens with zero attached hydrogens (tertiary/aromatic N) is 3. The second-order valence-electron chi connectivity index (χ2n) is 5.29. The van der Waals surface area contributed by atoms with E-state index in [0.29, 0.717) is 31.1 Å². The van der Waals surface area contributed by atoms with Crippen LogP contribution in [0.25, 0.3) is 0 Å². The van der Waals surface area contributed by atoms with Crippen LogP contribution in [0, 0.1) is 0 Å². The molecule has 1 amide bonds. The molecule has 1 N–H and O–H groups in total. The van der Waals surface area contributed by atoms with Gasteiger partial charge in [-0.25, -0.2) is 13.4 Å². The van der Waals surface area contributed by atoms with E-state index in [1.54, 1.807) is 31.7 Å². The number of nitrogens with one attached hydrogen (secondary N) is 1. The van der Waals surface area contributed by atoms with Gasteiger partial charge in [0.25, 0.3) is 5.91 Å². The SMILES string of the molecule is CCN(CCn1ccnc1)S(=O)(=O)c1ccc2c(c1)NC(=O)CO2. The van der Waals surface area contributed by atoms with Crippen LogP contribution in [0.15, 0.2) is 41.8 Å². The van der Waals surface area contributed by atoms with E-state index in [1.807, 2.05) is 4.57 Å². The van der Waals surface area contributed by atoms with Gasteiger partial charge in [-0.3, -0.25) is 4.79 Å². The smallest absolute Gasteiger partial charge is 0.262 e. The number of hydrogen-bond donors (Lipinski definition) is 1. The molecule has 9 heteroatoms. The molecule has 0 saturated heterocycles. The Morgan fingerprint density at radius 1 is 1.42 bits per heavy atom. The Hall–Kier alpha value is -2.39. The van der Waals surface area contributed by atoms with Gasteiger partial charge in [-0.1, -0.05) is 6.92 Å². The molecule has 0 spiro atoms. The molecule has 0 atom stereocenters. The van der Waals surface area contributed by atoms with Crippen molar-refractivity contribution in [1.82, 2.24) is 13.9 Å². The second kappa shape index (κ2) is 6.62. The number of ether oxygens (including phenoxy) is 1. The summed E-state index contributed by atoms with van der Waals surface area (Å²) in [5, 5.41) is 2.62. The molecule has 1 aromatic carbocycles. The standard InChI is InChI=1S/C15H18N4O4S/c1-2-19(8-7-18-6-5-16-11-18)24(21,22)12-3-4-14-13(9-12)17-15(20)10-23-14/h3-6,9,11H,2,7-8,10H2,1H3,(H,17,20). The number of amides is 1. The Bertz CT molecular complexity index is 833. The summed E-state index contributed by atoms with van der Waals surface area (Å²) < 4.78 is 34.1. The Kier molecular flexibility index (Phi) is 4.54. The van der Waals surface area contributed by atoms with E-state index in [2.05, 4.69) is 10.3 Å². The molecule has 0 saturated carbocycles. The molecule has 0 bridgehead atoms. The van der Waals surface area contributed by atoms with Crippen molar-refractivity contribution < 1.29 is 17.9 Å². The van der Waals surface area contributed by atoms with Crippen LogP contribution in [-0.2, 0) is 21.4 Å². The number of aromatic nitrogens is 2. The van der Waals surface area contributed by atoms with E-state index < -0.39 is 10.0 Å². The minimum Gasteiger partial charge on any atom is -0.482 e. The van der Waals surface area contributed by atoms with Crippen LogP contribution in [-0.4, -0.2) is 47.9 Å². The van der Waals surface area contributed by atoms with E-state index in [-0.39, 0.29) is 17.4 Å². The maximum absolute atomic E-state index is 12.8. The lowest BCUT2D eigenvalue weighted by molar-refractivity contribution is -0.118. The molecule has 2 heterocycles. The van der Waals surface area contributed by atoms with E-state index in [9.17, 15) is 13.2 Å². The van der Waals surface area contributed by atoms with E-state index in [4.69, 9.17) is 4.74 Å². The summed E-state index contributed by atoms with van der Waals surface area (Å²) in [6, 6.07) is 4.48. The van der Waals surface area contributed by atoms with Gasteiger partial charge in [0.15, 0.2) is 6.61 Å². The fourth-order valence-corrected chi connectivity index (χ4v) is 3.93. The summed E-state index contributed by atoms with van der Waals surface area (Å²) in [5.41, 5.74) is 0.373. The van der Waals surface area contributed by atoms with Crippen LogP contribution < -0.4 is 10.1 Å². The lowest BCUT2D eigenvalue weighted by atomic mass is 10.2. The zero-order valence-corrected chi connectivity index (χ0v) is 14.0. The molecule has 1 aliphatic heterocycles. The predicted molar refractivity (Wildman–Crippen MR) is 87.2 cm³/mol. The molecular weight excluding hydrogens is 332 g/mol. The Morgan fingerprint density at radius 2 is 2.25 bits per heavy atom. The van der Waals surface area contributed by atoms with Gasteiger partial charge in [0, 0.05) is 32.0 Å². The number of likely N-dealkylation sites (N-methyl/N-ethyl adjacent to an activating group) is 1. The predicted octanol–water partition coefficient (Wildman–Crippen LogP) is 0.925. The van der Waals surface area contributed by atoms with Crippen molar-refractivity contribution in [1.29, 1.82) is 0 Å². The van der Waals surface area contributed by atoms with Crippen LogP contribution in [0.2, 0.25) is 0 Å². The molecule has 2 aromatic rings. The summed E-state index contributed by atoms with van der Waals surface area (Å²) in [7, 11) is -3.66. The van der Waals surface area contributed by atoms with Crippen molar-refractivity contribution in [2.24, 2.45) is 0 Å². The van der Waals surface area contributed by atoms with Crippen LogP contribution in [0.4, 0.5) is 5.69 Å². The molecule has 1 aromatic heterocycles. The van der Waals surface area contributed by atoms with Gasteiger partial charge in [0.05, 0.1) is 16.9 Å². The summed E-state index contributed by atoms with van der Waals surface area (Å²) in [6.07, 6.45) is 5.08. The topological polar surface area (TPSA) is 93.5 Å². The first-order valence-electron chi connectivity index (χ1n) is 7.53. The average Bonchev–Trinajstić information content (AvgIpc) is 3.08. The fourth-order valence-electron chi connectivity index (χ4n) is 2.47. The minimum absolute atomic E-state index is 0.0644. The first-order valence-corrected chi connectivity index (χ1v) is 8.97. The normalized spacial score (nSPS) is 14.2. The largest absolute Gasteiger partial charge is 0.482 e. The third-order valence-electron chi connectivity index (χ3n) is 3.74. The molecular formula is C15H18N4O4S. The third-order valence-corrected chi connectivity index (χ3v) is 5.71. The number of carbonyl (C=O) groups excluding carboxylic acids is 1. The maximum atomic E-state index is 12.8. The highest BCUT2D eigenvalue weighted by Crippen LogP contribution is 2.31. The van der Waals surface area contributed by atoms with Crippen LogP contribution >= 0.6 is 0 Å². The molecule has 3 rings (SSSR count). The summed E-state index contributed by atoms with van der Waals surface area (Å²) in [5.74, 6) is 0.166. The molecule has 0 unspecified atom stereocenters. The quantitative estimate of drug-likeness (QED) is 0.836. The zero-order chi connectivity index (χ0) is 17.2. The van der Waals surface area contributed by atoms with Gasteiger partial charge >= 0.3 is 0 Å². The van der Waals surface area contributed by atoms with Crippen LogP contribution in [0.3, 0.4) is 0 Å². The molecule has 0 radical (unpaired) electrons. The maximum Gasteiger partial charge on any atom is 0.262 e. The molecule has 128 valence electrons. The van der Waals surface area contributed by atoms with Gasteiger partial charge in [-0.05, 0) is 18.2 Å². The fraction of sp³-hybridized carbons (Fsp3) is 0.333. The van der Waals surface area contributed by atoms with Gasteiger partial charge < -0.3 is 14.6 Å². The molecule has 1 aliphatic rings. The number of fused-ring (bicyclic) bond motifs is 1. The molecule has 8 nitrogen and oxygen atoms in total. The third kappa shape index (κ3) is 3.26. The highest BCUT2D eigenvalue weighted by atomic mass is 32.2. The zero-order valence-electron chi connectivity index (χ0n) is 13.2. The summed E-state index contributed by atoms with van der Waals surface area (Å²) >= 11 is 0. The Morgan fingerprint density at radius 3 is 2.96 bits per heavy atom. The second-order valence-corrected chi connectivity index (χ2v) is 7.23. The number of benzene rings is 1.